The topological polar surface area (TPSA) is 67.9 Å². The third kappa shape index (κ3) is 6.95. The molecule has 0 aliphatic heterocycles. The highest BCUT2D eigenvalue weighted by Gasteiger charge is 2.26. The maximum absolute atomic E-state index is 12.9. The molecule has 0 unspecified atom stereocenters. The molecule has 162 valence electrons. The summed E-state index contributed by atoms with van der Waals surface area (Å²) in [6.07, 6.45) is 0.802. The van der Waals surface area contributed by atoms with Crippen LogP contribution in [0.3, 0.4) is 0 Å². The Bertz CT molecular complexity index is 826. The predicted molar refractivity (Wildman–Crippen MR) is 118 cm³/mol. The summed E-state index contributed by atoms with van der Waals surface area (Å²) in [5.74, 6) is 1.17. The largest absolute Gasteiger partial charge is 0.497 e. The molecule has 2 aromatic carbocycles. The smallest absolute Gasteiger partial charge is 0.242 e. The fraction of sp³-hybridized carbons (Fsp3) is 0.391. The average molecular weight is 433 g/mol. The van der Waals surface area contributed by atoms with Gasteiger partial charge in [-0.15, -0.1) is 0 Å². The van der Waals surface area contributed by atoms with E-state index < -0.39 is 6.04 Å². The minimum absolute atomic E-state index is 0.119. The Labute approximate surface area is 183 Å². The molecule has 1 N–H and O–H groups in total. The lowest BCUT2D eigenvalue weighted by Crippen LogP contribution is -2.47. The van der Waals surface area contributed by atoms with Crippen LogP contribution in [-0.4, -0.2) is 43.0 Å². The zero-order valence-electron chi connectivity index (χ0n) is 17.7. The average Bonchev–Trinajstić information content (AvgIpc) is 2.76. The van der Waals surface area contributed by atoms with E-state index >= 15 is 0 Å². The molecule has 6 nitrogen and oxygen atoms in total. The molecular formula is C23H29ClN2O4. The van der Waals surface area contributed by atoms with E-state index in [-0.39, 0.29) is 24.8 Å². The van der Waals surface area contributed by atoms with Crippen molar-refractivity contribution in [2.24, 2.45) is 0 Å². The first kappa shape index (κ1) is 23.5. The van der Waals surface area contributed by atoms with Crippen LogP contribution >= 0.6 is 11.6 Å². The van der Waals surface area contributed by atoms with Crippen molar-refractivity contribution in [1.82, 2.24) is 10.2 Å². The minimum Gasteiger partial charge on any atom is -0.497 e. The van der Waals surface area contributed by atoms with Crippen LogP contribution in [0.4, 0.5) is 0 Å². The van der Waals surface area contributed by atoms with Crippen LogP contribution in [0.25, 0.3) is 0 Å². The molecule has 2 amide bonds. The van der Waals surface area contributed by atoms with E-state index in [1.54, 1.807) is 25.0 Å². The Morgan fingerprint density at radius 1 is 1.10 bits per heavy atom. The monoisotopic (exact) mass is 432 g/mol. The van der Waals surface area contributed by atoms with Crippen LogP contribution in [0, 0.1) is 0 Å². The summed E-state index contributed by atoms with van der Waals surface area (Å²) in [5.41, 5.74) is 0.804. The molecule has 0 spiro atoms. The quantitative estimate of drug-likeness (QED) is 0.544. The lowest BCUT2D eigenvalue weighted by Gasteiger charge is -2.29. The number of likely N-dealkylation sites (N-methyl/N-ethyl adjacent to an activating group) is 1. The van der Waals surface area contributed by atoms with Crippen molar-refractivity contribution in [3.63, 3.8) is 0 Å². The molecule has 2 aromatic rings. The van der Waals surface area contributed by atoms with Gasteiger partial charge in [-0.25, -0.2) is 0 Å². The van der Waals surface area contributed by atoms with Crippen molar-refractivity contribution >= 4 is 23.4 Å². The van der Waals surface area contributed by atoms with Gasteiger partial charge in [0, 0.05) is 24.5 Å². The number of nitrogens with one attached hydrogen (secondary N) is 1. The molecule has 0 heterocycles. The van der Waals surface area contributed by atoms with Crippen molar-refractivity contribution in [2.45, 2.75) is 39.3 Å². The van der Waals surface area contributed by atoms with Crippen LogP contribution in [0.1, 0.15) is 32.3 Å². The molecule has 1 atom stereocenters. The second kappa shape index (κ2) is 12.1. The SMILES string of the molecule is CCNC(=O)[C@@H](C)N(Cc1ccccc1Cl)C(=O)CCCOc1ccc(OC)cc1. The molecular weight excluding hydrogens is 404 g/mol. The molecule has 0 saturated carbocycles. The number of nitrogens with zero attached hydrogens (tertiary/aromatic N) is 1. The van der Waals surface area contributed by atoms with Gasteiger partial charge in [-0.2, -0.15) is 0 Å². The van der Waals surface area contributed by atoms with Crippen molar-refractivity contribution in [2.75, 3.05) is 20.3 Å². The van der Waals surface area contributed by atoms with Crippen LogP contribution in [0.15, 0.2) is 48.5 Å². The van der Waals surface area contributed by atoms with E-state index in [1.165, 1.54) is 0 Å². The van der Waals surface area contributed by atoms with E-state index in [9.17, 15) is 9.59 Å². The maximum Gasteiger partial charge on any atom is 0.242 e. The molecule has 0 bridgehead atoms. The highest BCUT2D eigenvalue weighted by atomic mass is 35.5. The number of carbonyl (C=O) groups excluding carboxylic acids is 2. The number of rotatable bonds is 11. The first-order chi connectivity index (χ1) is 14.5. The Balaban J connectivity index is 1.97. The van der Waals surface area contributed by atoms with E-state index in [0.717, 1.165) is 11.3 Å². The molecule has 0 aliphatic carbocycles. The number of amides is 2. The van der Waals surface area contributed by atoms with Gasteiger partial charge in [-0.05, 0) is 56.2 Å². The number of halogens is 1. The molecule has 0 aromatic heterocycles. The molecule has 0 radical (unpaired) electrons. The summed E-state index contributed by atoms with van der Waals surface area (Å²) in [7, 11) is 1.61. The Morgan fingerprint density at radius 2 is 1.77 bits per heavy atom. The first-order valence-electron chi connectivity index (χ1n) is 10.0. The summed E-state index contributed by atoms with van der Waals surface area (Å²) >= 11 is 6.27. The van der Waals surface area contributed by atoms with Crippen molar-refractivity contribution in [3.05, 3.63) is 59.1 Å². The summed E-state index contributed by atoms with van der Waals surface area (Å²) in [5, 5.41) is 3.35. The summed E-state index contributed by atoms with van der Waals surface area (Å²) in [6.45, 7) is 4.76. The summed E-state index contributed by atoms with van der Waals surface area (Å²) in [6, 6.07) is 14.0. The molecule has 2 rings (SSSR count). The van der Waals surface area contributed by atoms with Gasteiger partial charge >= 0.3 is 0 Å². The highest BCUT2D eigenvalue weighted by Crippen LogP contribution is 2.20. The van der Waals surface area contributed by atoms with Gasteiger partial charge in [0.2, 0.25) is 11.8 Å². The molecule has 7 heteroatoms. The van der Waals surface area contributed by atoms with Gasteiger partial charge in [0.05, 0.1) is 13.7 Å². The second-order valence-corrected chi connectivity index (χ2v) is 7.22. The fourth-order valence-corrected chi connectivity index (χ4v) is 3.14. The van der Waals surface area contributed by atoms with Crippen molar-refractivity contribution in [1.29, 1.82) is 0 Å². The van der Waals surface area contributed by atoms with Crippen LogP contribution in [0.2, 0.25) is 5.02 Å². The lowest BCUT2D eigenvalue weighted by atomic mass is 10.1. The van der Waals surface area contributed by atoms with Crippen LogP contribution in [0.5, 0.6) is 11.5 Å². The van der Waals surface area contributed by atoms with Crippen LogP contribution in [-0.2, 0) is 16.1 Å². The van der Waals surface area contributed by atoms with E-state index in [2.05, 4.69) is 5.32 Å². The Morgan fingerprint density at radius 3 is 2.40 bits per heavy atom. The summed E-state index contributed by atoms with van der Waals surface area (Å²) < 4.78 is 10.8. The first-order valence-corrected chi connectivity index (χ1v) is 10.4. The minimum atomic E-state index is -0.601. The standard InChI is InChI=1S/C23H29ClN2O4/c1-4-25-23(28)17(2)26(16-18-8-5-6-9-21(18)24)22(27)10-7-15-30-20-13-11-19(29-3)12-14-20/h5-6,8-9,11-14,17H,4,7,10,15-16H2,1-3H3,(H,25,28)/t17-/m1/s1. The van der Waals surface area contributed by atoms with E-state index in [0.29, 0.717) is 30.3 Å². The molecule has 30 heavy (non-hydrogen) atoms. The molecule has 0 saturated heterocycles. The zero-order chi connectivity index (χ0) is 21.9. The highest BCUT2D eigenvalue weighted by molar-refractivity contribution is 6.31. The number of methoxy groups -OCH3 is 1. The lowest BCUT2D eigenvalue weighted by molar-refractivity contribution is -0.140. The van der Waals surface area contributed by atoms with Gasteiger partial charge in [0.15, 0.2) is 0 Å². The fourth-order valence-electron chi connectivity index (χ4n) is 2.94. The van der Waals surface area contributed by atoms with Gasteiger partial charge in [0.25, 0.3) is 0 Å². The predicted octanol–water partition coefficient (Wildman–Crippen LogP) is 4.06. The maximum atomic E-state index is 12.9. The van der Waals surface area contributed by atoms with Crippen molar-refractivity contribution < 1.29 is 19.1 Å². The molecule has 0 aliphatic rings. The number of benzene rings is 2. The van der Waals surface area contributed by atoms with Crippen molar-refractivity contribution in [3.8, 4) is 11.5 Å². The number of ether oxygens (including phenoxy) is 2. The van der Waals surface area contributed by atoms with Gasteiger partial charge in [0.1, 0.15) is 17.5 Å². The number of carbonyl (C=O) groups is 2. The second-order valence-electron chi connectivity index (χ2n) is 6.81. The normalized spacial score (nSPS) is 11.5. The van der Waals surface area contributed by atoms with E-state index in [4.69, 9.17) is 21.1 Å². The van der Waals surface area contributed by atoms with Gasteiger partial charge < -0.3 is 19.7 Å². The third-order valence-corrected chi connectivity index (χ3v) is 5.05. The summed E-state index contributed by atoms with van der Waals surface area (Å²) in [4.78, 5) is 26.9. The Kier molecular flexibility index (Phi) is 9.48. The van der Waals surface area contributed by atoms with E-state index in [1.807, 2.05) is 49.4 Å². The number of hydrogen-bond acceptors (Lipinski definition) is 4. The number of hydrogen-bond donors (Lipinski definition) is 1. The Hall–Kier alpha value is -2.73. The van der Waals surface area contributed by atoms with Crippen LogP contribution < -0.4 is 14.8 Å². The molecule has 0 fully saturated rings. The van der Waals surface area contributed by atoms with Gasteiger partial charge in [-0.1, -0.05) is 29.8 Å². The zero-order valence-corrected chi connectivity index (χ0v) is 18.4. The van der Waals surface area contributed by atoms with Gasteiger partial charge in [-0.3, -0.25) is 9.59 Å². The third-order valence-electron chi connectivity index (χ3n) is 4.68.